The van der Waals surface area contributed by atoms with E-state index in [4.69, 9.17) is 14.9 Å². The molecule has 0 aromatic rings. The zero-order valence-corrected chi connectivity index (χ0v) is 4.91. The maximum atomic E-state index is 9.80. The van der Waals surface area contributed by atoms with E-state index in [0.717, 1.165) is 0 Å². The third kappa shape index (κ3) is 2.36. The van der Waals surface area contributed by atoms with Crippen LogP contribution in [0.5, 0.6) is 0 Å². The number of aliphatic carboxylic acids is 1. The van der Waals surface area contributed by atoms with E-state index >= 15 is 0 Å². The van der Waals surface area contributed by atoms with E-state index in [-0.39, 0.29) is 0 Å². The van der Waals surface area contributed by atoms with Gasteiger partial charge in [-0.3, -0.25) is 9.36 Å². The molecule has 0 amide bonds. The van der Waals surface area contributed by atoms with Crippen LogP contribution in [0.1, 0.15) is 0 Å². The fourth-order valence-corrected chi connectivity index (χ4v) is 0.374. The minimum absolute atomic E-state index is 2.08. The Balaban J connectivity index is 4.43. The molecule has 0 atom stereocenters. The highest BCUT2D eigenvalue weighted by atomic mass is 31.2. The van der Waals surface area contributed by atoms with Crippen LogP contribution in [0.4, 0.5) is 0 Å². The first-order valence-corrected chi connectivity index (χ1v) is 3.30. The minimum Gasteiger partial charge on any atom is -0.475 e. The standard InChI is InChI=1S/C2H3O6P/c3-1(4)2(5)9(6,7)8/h(H,3,4)(H2,6,7,8). The van der Waals surface area contributed by atoms with E-state index in [1.54, 1.807) is 0 Å². The molecule has 0 fully saturated rings. The Bertz CT molecular complexity index is 187. The predicted octanol–water partition coefficient (Wildman–Crippen LogP) is -1.22. The van der Waals surface area contributed by atoms with E-state index in [2.05, 4.69) is 0 Å². The summed E-state index contributed by atoms with van der Waals surface area (Å²) < 4.78 is 9.74. The first kappa shape index (κ1) is 8.29. The van der Waals surface area contributed by atoms with E-state index in [0.29, 0.717) is 0 Å². The van der Waals surface area contributed by atoms with Gasteiger partial charge in [0.2, 0.25) is 0 Å². The molecule has 0 aliphatic heterocycles. The highest BCUT2D eigenvalue weighted by Gasteiger charge is 2.32. The normalized spacial score (nSPS) is 10.9. The molecule has 0 saturated carbocycles. The molecule has 0 aromatic heterocycles. The topological polar surface area (TPSA) is 112 Å². The van der Waals surface area contributed by atoms with Gasteiger partial charge in [-0.05, 0) is 0 Å². The number of carbonyl (C=O) groups is 2. The Kier molecular flexibility index (Phi) is 2.08. The van der Waals surface area contributed by atoms with Crippen molar-refractivity contribution < 1.29 is 29.0 Å². The van der Waals surface area contributed by atoms with Gasteiger partial charge in [-0.1, -0.05) is 0 Å². The number of carboxylic acids is 1. The number of rotatable bonds is 2. The molecule has 6 nitrogen and oxygen atoms in total. The van der Waals surface area contributed by atoms with Crippen LogP contribution in [-0.4, -0.2) is 26.4 Å². The van der Waals surface area contributed by atoms with Crippen molar-refractivity contribution in [1.82, 2.24) is 0 Å². The molecule has 0 spiro atoms. The summed E-state index contributed by atoms with van der Waals surface area (Å²) in [6.07, 6.45) is 0. The average Bonchev–Trinajstić information content (AvgIpc) is 1.62. The van der Waals surface area contributed by atoms with Crippen LogP contribution in [0.3, 0.4) is 0 Å². The zero-order chi connectivity index (χ0) is 7.65. The predicted molar refractivity (Wildman–Crippen MR) is 24.7 cm³/mol. The Morgan fingerprint density at radius 2 is 1.56 bits per heavy atom. The second kappa shape index (κ2) is 2.26. The summed E-state index contributed by atoms with van der Waals surface area (Å²) in [5.41, 5.74) is -2.08. The lowest BCUT2D eigenvalue weighted by atomic mass is 10.8. The molecule has 0 unspecified atom stereocenters. The summed E-state index contributed by atoms with van der Waals surface area (Å²) in [6, 6.07) is 0. The minimum atomic E-state index is -5.05. The Labute approximate surface area is 49.3 Å². The summed E-state index contributed by atoms with van der Waals surface area (Å²) in [7, 11) is -5.05. The van der Waals surface area contributed by atoms with Crippen molar-refractivity contribution in [2.45, 2.75) is 0 Å². The largest absolute Gasteiger partial charge is 0.475 e. The fourth-order valence-electron chi connectivity index (χ4n) is 0.125. The first-order valence-electron chi connectivity index (χ1n) is 1.69. The highest BCUT2D eigenvalue weighted by Crippen LogP contribution is 2.34. The molecule has 0 aromatic carbocycles. The van der Waals surface area contributed by atoms with Gasteiger partial charge in [0.1, 0.15) is 0 Å². The highest BCUT2D eigenvalue weighted by molar-refractivity contribution is 7.73. The third-order valence-electron chi connectivity index (χ3n) is 0.448. The van der Waals surface area contributed by atoms with Gasteiger partial charge in [0.25, 0.3) is 0 Å². The Morgan fingerprint density at radius 1 is 1.22 bits per heavy atom. The Morgan fingerprint density at radius 3 is 1.56 bits per heavy atom. The number of hydrogen-bond acceptors (Lipinski definition) is 3. The number of carboxylic acid groups (broad SMARTS) is 1. The van der Waals surface area contributed by atoms with Crippen LogP contribution < -0.4 is 0 Å². The van der Waals surface area contributed by atoms with Gasteiger partial charge in [-0.15, -0.1) is 0 Å². The van der Waals surface area contributed by atoms with Crippen LogP contribution in [0.15, 0.2) is 0 Å². The number of carbonyl (C=O) groups excluding carboxylic acids is 1. The lowest BCUT2D eigenvalue weighted by Crippen LogP contribution is -2.11. The molecule has 7 heteroatoms. The smallest absolute Gasteiger partial charge is 0.403 e. The van der Waals surface area contributed by atoms with Gasteiger partial charge in [-0.2, -0.15) is 0 Å². The van der Waals surface area contributed by atoms with Gasteiger partial charge in [-0.25, -0.2) is 4.79 Å². The van der Waals surface area contributed by atoms with Crippen molar-refractivity contribution in [1.29, 1.82) is 0 Å². The summed E-state index contributed by atoms with van der Waals surface area (Å²) in [5.74, 6) is -2.12. The molecule has 0 bridgehead atoms. The molecule has 0 aliphatic carbocycles. The second-order valence-electron chi connectivity index (χ2n) is 1.15. The molecule has 0 rings (SSSR count). The van der Waals surface area contributed by atoms with E-state index in [1.165, 1.54) is 0 Å². The Hall–Kier alpha value is -0.710. The number of hydrogen-bond donors (Lipinski definition) is 3. The van der Waals surface area contributed by atoms with Crippen molar-refractivity contribution in [3.63, 3.8) is 0 Å². The lowest BCUT2D eigenvalue weighted by Gasteiger charge is -1.93. The molecule has 0 heterocycles. The summed E-state index contributed by atoms with van der Waals surface area (Å²) in [6.45, 7) is 0. The van der Waals surface area contributed by atoms with E-state index < -0.39 is 19.1 Å². The van der Waals surface area contributed by atoms with Crippen molar-refractivity contribution in [3.05, 3.63) is 0 Å². The third-order valence-corrected chi connectivity index (χ3v) is 1.17. The molecule has 0 aliphatic rings. The monoisotopic (exact) mass is 154 g/mol. The van der Waals surface area contributed by atoms with Crippen LogP contribution >= 0.6 is 7.60 Å². The van der Waals surface area contributed by atoms with Crippen LogP contribution in [0.2, 0.25) is 0 Å². The van der Waals surface area contributed by atoms with Crippen molar-refractivity contribution in [2.24, 2.45) is 0 Å². The van der Waals surface area contributed by atoms with Crippen LogP contribution in [0, 0.1) is 0 Å². The van der Waals surface area contributed by atoms with Gasteiger partial charge in [0, 0.05) is 0 Å². The van der Waals surface area contributed by atoms with E-state index in [1.807, 2.05) is 0 Å². The second-order valence-corrected chi connectivity index (χ2v) is 2.65. The SMILES string of the molecule is O=C(O)C(=O)P(=O)(O)O. The molecule has 0 radical (unpaired) electrons. The lowest BCUT2D eigenvalue weighted by molar-refractivity contribution is -0.146. The molecule has 0 saturated heterocycles. The van der Waals surface area contributed by atoms with Crippen LogP contribution in [-0.2, 0) is 14.2 Å². The summed E-state index contributed by atoms with van der Waals surface area (Å²) in [4.78, 5) is 35.0. The van der Waals surface area contributed by atoms with Gasteiger partial charge in [0.15, 0.2) is 0 Å². The maximum absolute atomic E-state index is 9.80. The van der Waals surface area contributed by atoms with E-state index in [9.17, 15) is 14.2 Å². The first-order chi connectivity index (χ1) is 3.85. The molecule has 52 valence electrons. The van der Waals surface area contributed by atoms with Gasteiger partial charge in [0.05, 0.1) is 0 Å². The van der Waals surface area contributed by atoms with Gasteiger partial charge < -0.3 is 14.9 Å². The average molecular weight is 154 g/mol. The van der Waals surface area contributed by atoms with Gasteiger partial charge >= 0.3 is 19.1 Å². The molecule has 9 heavy (non-hydrogen) atoms. The quantitative estimate of drug-likeness (QED) is 0.339. The zero-order valence-electron chi connectivity index (χ0n) is 4.01. The molecule has 3 N–H and O–H groups in total. The van der Waals surface area contributed by atoms with Crippen LogP contribution in [0.25, 0.3) is 0 Å². The molecular formula is C2H3O6P. The van der Waals surface area contributed by atoms with Crippen molar-refractivity contribution in [2.75, 3.05) is 0 Å². The molecular weight excluding hydrogens is 151 g/mol. The van der Waals surface area contributed by atoms with Crippen molar-refractivity contribution >= 4 is 19.1 Å². The summed E-state index contributed by atoms with van der Waals surface area (Å²) >= 11 is 0. The fraction of sp³-hybridized carbons (Fsp3) is 0. The maximum Gasteiger partial charge on any atom is 0.403 e. The van der Waals surface area contributed by atoms with Crippen molar-refractivity contribution in [3.8, 4) is 0 Å². The summed E-state index contributed by atoms with van der Waals surface area (Å²) in [5, 5.41) is 7.68.